The van der Waals surface area contributed by atoms with Gasteiger partial charge >= 0.3 is 0 Å². The number of rotatable bonds is 6. The van der Waals surface area contributed by atoms with Crippen molar-refractivity contribution in [3.63, 3.8) is 0 Å². The smallest absolute Gasteiger partial charge is 0.233 e. The third-order valence-electron chi connectivity index (χ3n) is 3.84. The van der Waals surface area contributed by atoms with E-state index in [0.717, 1.165) is 38.1 Å². The van der Waals surface area contributed by atoms with E-state index in [1.54, 1.807) is 13.3 Å². The van der Waals surface area contributed by atoms with Gasteiger partial charge in [0.2, 0.25) is 5.91 Å². The van der Waals surface area contributed by atoms with Crippen LogP contribution in [0.25, 0.3) is 0 Å². The summed E-state index contributed by atoms with van der Waals surface area (Å²) in [6.45, 7) is 4.68. The van der Waals surface area contributed by atoms with Crippen LogP contribution in [0.1, 0.15) is 25.5 Å². The third kappa shape index (κ3) is 4.65. The molecule has 0 spiro atoms. The molecule has 0 aromatic carbocycles. The highest BCUT2D eigenvalue weighted by molar-refractivity contribution is 5.77. The molecule has 112 valence electrons. The Morgan fingerprint density at radius 3 is 2.85 bits per heavy atom. The number of likely N-dealkylation sites (N-methyl/N-ethyl adjacent to an activating group) is 1. The van der Waals surface area contributed by atoms with Crippen LogP contribution in [0.4, 0.5) is 0 Å². The molecule has 1 aliphatic rings. The van der Waals surface area contributed by atoms with Crippen LogP contribution in [0.5, 0.6) is 0 Å². The molecular formula is C15H25N3O2. The van der Waals surface area contributed by atoms with E-state index < -0.39 is 0 Å². The summed E-state index contributed by atoms with van der Waals surface area (Å²) in [5.41, 5.74) is 0. The van der Waals surface area contributed by atoms with E-state index in [0.29, 0.717) is 18.6 Å². The predicted octanol–water partition coefficient (Wildman–Crippen LogP) is 1.01. The van der Waals surface area contributed by atoms with Gasteiger partial charge in [0.1, 0.15) is 5.76 Å². The number of furan rings is 1. The fourth-order valence-corrected chi connectivity index (χ4v) is 2.73. The van der Waals surface area contributed by atoms with E-state index >= 15 is 0 Å². The van der Waals surface area contributed by atoms with E-state index in [1.807, 2.05) is 12.1 Å². The average Bonchev–Trinajstić information content (AvgIpc) is 2.93. The van der Waals surface area contributed by atoms with Gasteiger partial charge in [-0.05, 0) is 31.9 Å². The third-order valence-corrected chi connectivity index (χ3v) is 3.84. The molecule has 0 aliphatic carbocycles. The molecule has 1 unspecified atom stereocenters. The molecular weight excluding hydrogens is 254 g/mol. The molecule has 1 fully saturated rings. The Morgan fingerprint density at radius 1 is 1.50 bits per heavy atom. The Kier molecular flexibility index (Phi) is 5.61. The summed E-state index contributed by atoms with van der Waals surface area (Å²) in [6.07, 6.45) is 4.84. The first kappa shape index (κ1) is 15.1. The van der Waals surface area contributed by atoms with Crippen LogP contribution in [-0.4, -0.2) is 49.6 Å². The van der Waals surface area contributed by atoms with Crippen LogP contribution >= 0.6 is 0 Å². The lowest BCUT2D eigenvalue weighted by Gasteiger charge is -2.33. The number of hydrogen-bond acceptors (Lipinski definition) is 4. The molecule has 2 heterocycles. The first-order valence-corrected chi connectivity index (χ1v) is 7.38. The molecule has 0 radical (unpaired) electrons. The normalized spacial score (nSPS) is 18.9. The number of carbonyl (C=O) groups is 1. The van der Waals surface area contributed by atoms with Crippen LogP contribution in [0.3, 0.4) is 0 Å². The van der Waals surface area contributed by atoms with E-state index in [2.05, 4.69) is 22.5 Å². The van der Waals surface area contributed by atoms with Gasteiger partial charge < -0.3 is 15.1 Å². The van der Waals surface area contributed by atoms with Crippen molar-refractivity contribution in [2.45, 2.75) is 38.3 Å². The number of nitrogens with zero attached hydrogens (tertiary/aromatic N) is 1. The second kappa shape index (κ2) is 7.45. The van der Waals surface area contributed by atoms with E-state index in [4.69, 9.17) is 4.42 Å². The van der Waals surface area contributed by atoms with Crippen molar-refractivity contribution in [1.82, 2.24) is 15.5 Å². The Hall–Kier alpha value is -1.33. The van der Waals surface area contributed by atoms with Gasteiger partial charge in [-0.1, -0.05) is 0 Å². The van der Waals surface area contributed by atoms with Crippen LogP contribution < -0.4 is 10.6 Å². The topological polar surface area (TPSA) is 57.5 Å². The molecule has 1 atom stereocenters. The average molecular weight is 279 g/mol. The molecule has 1 amide bonds. The minimum atomic E-state index is 0.0996. The van der Waals surface area contributed by atoms with Crippen molar-refractivity contribution in [1.29, 1.82) is 0 Å². The highest BCUT2D eigenvalue weighted by Gasteiger charge is 2.21. The number of carbonyl (C=O) groups excluding carboxylic acids is 1. The summed E-state index contributed by atoms with van der Waals surface area (Å²) in [4.78, 5) is 13.6. The van der Waals surface area contributed by atoms with Gasteiger partial charge in [0.15, 0.2) is 0 Å². The minimum Gasteiger partial charge on any atom is -0.469 e. The summed E-state index contributed by atoms with van der Waals surface area (Å²) in [5, 5.41) is 6.33. The monoisotopic (exact) mass is 279 g/mol. The van der Waals surface area contributed by atoms with Crippen molar-refractivity contribution in [3.8, 4) is 0 Å². The Morgan fingerprint density at radius 2 is 2.25 bits per heavy atom. The SMILES string of the molecule is CNC(=O)CN1CCC(NC(C)Cc2ccco2)CC1. The predicted molar refractivity (Wildman–Crippen MR) is 78.5 cm³/mol. The van der Waals surface area contributed by atoms with Crippen molar-refractivity contribution >= 4 is 5.91 Å². The number of amides is 1. The molecule has 5 nitrogen and oxygen atoms in total. The summed E-state index contributed by atoms with van der Waals surface area (Å²) in [7, 11) is 1.69. The maximum Gasteiger partial charge on any atom is 0.233 e. The maximum absolute atomic E-state index is 11.3. The number of nitrogens with one attached hydrogen (secondary N) is 2. The van der Waals surface area contributed by atoms with Gasteiger partial charge in [0.05, 0.1) is 12.8 Å². The number of hydrogen-bond donors (Lipinski definition) is 2. The summed E-state index contributed by atoms with van der Waals surface area (Å²) < 4.78 is 5.37. The minimum absolute atomic E-state index is 0.0996. The first-order valence-electron chi connectivity index (χ1n) is 7.38. The summed E-state index contributed by atoms with van der Waals surface area (Å²) in [6, 6.07) is 4.90. The highest BCUT2D eigenvalue weighted by Crippen LogP contribution is 2.12. The Labute approximate surface area is 120 Å². The molecule has 20 heavy (non-hydrogen) atoms. The van der Waals surface area contributed by atoms with Gasteiger partial charge in [-0.2, -0.15) is 0 Å². The Balaban J connectivity index is 1.67. The van der Waals surface area contributed by atoms with Crippen molar-refractivity contribution in [2.24, 2.45) is 0 Å². The molecule has 1 aromatic rings. The van der Waals surface area contributed by atoms with Crippen molar-refractivity contribution in [3.05, 3.63) is 24.2 Å². The molecule has 2 N–H and O–H groups in total. The molecule has 1 saturated heterocycles. The zero-order valence-electron chi connectivity index (χ0n) is 12.4. The molecule has 0 bridgehead atoms. The van der Waals surface area contributed by atoms with E-state index in [-0.39, 0.29) is 5.91 Å². The number of piperidine rings is 1. The fraction of sp³-hybridized carbons (Fsp3) is 0.667. The summed E-state index contributed by atoms with van der Waals surface area (Å²) >= 11 is 0. The van der Waals surface area contributed by atoms with Crippen molar-refractivity contribution in [2.75, 3.05) is 26.7 Å². The van der Waals surface area contributed by atoms with E-state index in [1.165, 1.54) is 0 Å². The lowest BCUT2D eigenvalue weighted by Crippen LogP contribution is -2.48. The van der Waals surface area contributed by atoms with Crippen LogP contribution in [-0.2, 0) is 11.2 Å². The largest absolute Gasteiger partial charge is 0.469 e. The van der Waals surface area contributed by atoms with Gasteiger partial charge in [-0.25, -0.2) is 0 Å². The van der Waals surface area contributed by atoms with Crippen LogP contribution in [0.2, 0.25) is 0 Å². The zero-order valence-corrected chi connectivity index (χ0v) is 12.4. The fourth-order valence-electron chi connectivity index (χ4n) is 2.73. The lowest BCUT2D eigenvalue weighted by atomic mass is 10.0. The van der Waals surface area contributed by atoms with Crippen LogP contribution in [0, 0.1) is 0 Å². The highest BCUT2D eigenvalue weighted by atomic mass is 16.3. The van der Waals surface area contributed by atoms with Gasteiger partial charge in [-0.15, -0.1) is 0 Å². The van der Waals surface area contributed by atoms with Gasteiger partial charge in [0.25, 0.3) is 0 Å². The molecule has 2 rings (SSSR count). The Bertz CT molecular complexity index is 397. The second-order valence-corrected chi connectivity index (χ2v) is 5.57. The van der Waals surface area contributed by atoms with E-state index in [9.17, 15) is 4.79 Å². The summed E-state index contributed by atoms with van der Waals surface area (Å²) in [5.74, 6) is 1.13. The number of likely N-dealkylation sites (tertiary alicyclic amines) is 1. The zero-order chi connectivity index (χ0) is 14.4. The van der Waals surface area contributed by atoms with Gasteiger partial charge in [0, 0.05) is 38.6 Å². The first-order chi connectivity index (χ1) is 9.67. The van der Waals surface area contributed by atoms with Crippen LogP contribution in [0.15, 0.2) is 22.8 Å². The molecule has 5 heteroatoms. The lowest BCUT2D eigenvalue weighted by molar-refractivity contribution is -0.122. The quantitative estimate of drug-likeness (QED) is 0.816. The second-order valence-electron chi connectivity index (χ2n) is 5.57. The maximum atomic E-state index is 11.3. The molecule has 0 saturated carbocycles. The molecule has 1 aliphatic heterocycles. The van der Waals surface area contributed by atoms with Crippen molar-refractivity contribution < 1.29 is 9.21 Å². The van der Waals surface area contributed by atoms with Gasteiger partial charge in [-0.3, -0.25) is 9.69 Å². The molecule has 1 aromatic heterocycles. The standard InChI is InChI=1S/C15H25N3O2/c1-12(10-14-4-3-9-20-14)17-13-5-7-18(8-6-13)11-15(19)16-2/h3-4,9,12-13,17H,5-8,10-11H2,1-2H3,(H,16,19).